The van der Waals surface area contributed by atoms with E-state index in [-0.39, 0.29) is 22.8 Å². The number of sulfone groups is 1. The molecule has 132 valence electrons. The molecule has 0 spiro atoms. The van der Waals surface area contributed by atoms with E-state index in [2.05, 4.69) is 0 Å². The fourth-order valence-corrected chi connectivity index (χ4v) is 5.14. The first-order valence-corrected chi connectivity index (χ1v) is 10.3. The molecule has 1 aliphatic rings. The molecule has 1 saturated heterocycles. The smallest absolute Gasteiger partial charge is 0.246 e. The molecule has 1 aromatic rings. The molecule has 0 aromatic heterocycles. The van der Waals surface area contributed by atoms with Crippen molar-refractivity contribution in [2.24, 2.45) is 5.92 Å². The van der Waals surface area contributed by atoms with Gasteiger partial charge in [0, 0.05) is 24.2 Å². The Hall–Kier alpha value is -1.33. The Morgan fingerprint density at radius 2 is 1.83 bits per heavy atom. The number of likely N-dealkylation sites (tertiary alicyclic amines) is 1. The Morgan fingerprint density at radius 3 is 2.38 bits per heavy atom. The third-order valence-corrected chi connectivity index (χ3v) is 6.99. The molecule has 1 aliphatic heterocycles. The molecule has 0 atom stereocenters. The summed E-state index contributed by atoms with van der Waals surface area (Å²) in [5.41, 5.74) is 0.905. The normalized spacial score (nSPS) is 16.9. The number of rotatable bonds is 5. The molecule has 6 heteroatoms. The monoisotopic (exact) mass is 369 g/mol. The number of halogens is 1. The Labute approximate surface area is 149 Å². The highest BCUT2D eigenvalue weighted by molar-refractivity contribution is 7.92. The van der Waals surface area contributed by atoms with Gasteiger partial charge in [0.2, 0.25) is 5.91 Å². The molecule has 0 N–H and O–H groups in total. The summed E-state index contributed by atoms with van der Waals surface area (Å²) >= 11 is 5.83. The van der Waals surface area contributed by atoms with Crippen molar-refractivity contribution in [2.75, 3.05) is 18.8 Å². The van der Waals surface area contributed by atoms with E-state index >= 15 is 0 Å². The first kappa shape index (κ1) is 19.0. The van der Waals surface area contributed by atoms with Crippen LogP contribution in [-0.4, -0.2) is 43.3 Å². The highest BCUT2D eigenvalue weighted by Gasteiger charge is 2.31. The van der Waals surface area contributed by atoms with Gasteiger partial charge in [0.1, 0.15) is 0 Å². The van der Waals surface area contributed by atoms with Gasteiger partial charge in [0.25, 0.3) is 0 Å². The summed E-state index contributed by atoms with van der Waals surface area (Å²) in [6, 6.07) is 7.24. The van der Waals surface area contributed by atoms with E-state index in [0.29, 0.717) is 31.0 Å². The molecule has 0 saturated carbocycles. The molecule has 0 unspecified atom stereocenters. The zero-order chi connectivity index (χ0) is 17.7. The Bertz CT molecular complexity index is 687. The summed E-state index contributed by atoms with van der Waals surface area (Å²) in [6.45, 7) is 4.81. The van der Waals surface area contributed by atoms with Crippen molar-refractivity contribution >= 4 is 33.4 Å². The van der Waals surface area contributed by atoms with Crippen molar-refractivity contribution in [3.63, 3.8) is 0 Å². The van der Waals surface area contributed by atoms with Crippen LogP contribution in [0.5, 0.6) is 0 Å². The molecular weight excluding hydrogens is 346 g/mol. The fraction of sp³-hybridized carbons (Fsp3) is 0.500. The van der Waals surface area contributed by atoms with Gasteiger partial charge < -0.3 is 4.90 Å². The standard InChI is InChI=1S/C18H24ClNO3S/c1-14(2)13-24(22,23)17-9-11-20(12-10-17)18(21)8-5-15-3-6-16(19)7-4-15/h3-8,14,17H,9-13H2,1-2H3. The molecule has 24 heavy (non-hydrogen) atoms. The van der Waals surface area contributed by atoms with Crippen LogP contribution < -0.4 is 0 Å². The number of hydrogen-bond donors (Lipinski definition) is 0. The van der Waals surface area contributed by atoms with Crippen molar-refractivity contribution in [2.45, 2.75) is 31.9 Å². The maximum atomic E-state index is 12.3. The van der Waals surface area contributed by atoms with E-state index < -0.39 is 9.84 Å². The SMILES string of the molecule is CC(C)CS(=O)(=O)C1CCN(C(=O)C=Cc2ccc(Cl)cc2)CC1. The van der Waals surface area contributed by atoms with E-state index in [1.165, 1.54) is 6.08 Å². The quantitative estimate of drug-likeness (QED) is 0.747. The maximum Gasteiger partial charge on any atom is 0.246 e. The number of carbonyl (C=O) groups excluding carboxylic acids is 1. The summed E-state index contributed by atoms with van der Waals surface area (Å²) in [6.07, 6.45) is 4.33. The van der Waals surface area contributed by atoms with E-state index in [1.54, 1.807) is 23.1 Å². The number of benzene rings is 1. The predicted molar refractivity (Wildman–Crippen MR) is 98.7 cm³/mol. The molecule has 0 radical (unpaired) electrons. The average molecular weight is 370 g/mol. The molecule has 1 fully saturated rings. The second kappa shape index (κ2) is 8.17. The fourth-order valence-electron chi connectivity index (χ4n) is 2.88. The van der Waals surface area contributed by atoms with Gasteiger partial charge in [0.15, 0.2) is 9.84 Å². The van der Waals surface area contributed by atoms with Crippen LogP contribution in [0.1, 0.15) is 32.3 Å². The van der Waals surface area contributed by atoms with Gasteiger partial charge in [-0.3, -0.25) is 4.79 Å². The largest absolute Gasteiger partial charge is 0.339 e. The predicted octanol–water partition coefficient (Wildman–Crippen LogP) is 3.42. The molecule has 1 aromatic carbocycles. The summed E-state index contributed by atoms with van der Waals surface area (Å²) in [7, 11) is -3.06. The van der Waals surface area contributed by atoms with E-state index in [0.717, 1.165) is 5.56 Å². The van der Waals surface area contributed by atoms with Gasteiger partial charge in [-0.25, -0.2) is 8.42 Å². The second-order valence-corrected chi connectivity index (χ2v) is 9.40. The van der Waals surface area contributed by atoms with Gasteiger partial charge in [-0.05, 0) is 42.5 Å². The third-order valence-electron chi connectivity index (χ3n) is 4.12. The third kappa shape index (κ3) is 5.35. The number of hydrogen-bond acceptors (Lipinski definition) is 3. The van der Waals surface area contributed by atoms with Crippen LogP contribution in [0, 0.1) is 5.92 Å². The summed E-state index contributed by atoms with van der Waals surface area (Å²) in [5, 5.41) is 0.340. The Balaban J connectivity index is 1.89. The van der Waals surface area contributed by atoms with Crippen LogP contribution >= 0.6 is 11.6 Å². The van der Waals surface area contributed by atoms with E-state index in [9.17, 15) is 13.2 Å². The van der Waals surface area contributed by atoms with Gasteiger partial charge in [-0.1, -0.05) is 37.6 Å². The molecule has 2 rings (SSSR count). The number of nitrogens with zero attached hydrogens (tertiary/aromatic N) is 1. The van der Waals surface area contributed by atoms with Crippen LogP contribution in [0.4, 0.5) is 0 Å². The number of amides is 1. The molecule has 0 bridgehead atoms. The zero-order valence-corrected chi connectivity index (χ0v) is 15.7. The van der Waals surface area contributed by atoms with Gasteiger partial charge in [-0.15, -0.1) is 0 Å². The lowest BCUT2D eigenvalue weighted by atomic mass is 10.1. The summed E-state index contributed by atoms with van der Waals surface area (Å²) < 4.78 is 24.6. The van der Waals surface area contributed by atoms with Crippen molar-refractivity contribution < 1.29 is 13.2 Å². The Kier molecular flexibility index (Phi) is 6.47. The van der Waals surface area contributed by atoms with Gasteiger partial charge >= 0.3 is 0 Å². The highest BCUT2D eigenvalue weighted by atomic mass is 35.5. The summed E-state index contributed by atoms with van der Waals surface area (Å²) in [5.74, 6) is 0.281. The maximum absolute atomic E-state index is 12.3. The lowest BCUT2D eigenvalue weighted by Crippen LogP contribution is -2.42. The van der Waals surface area contributed by atoms with Crippen LogP contribution in [0.2, 0.25) is 5.02 Å². The van der Waals surface area contributed by atoms with Crippen LogP contribution in [-0.2, 0) is 14.6 Å². The molecule has 1 amide bonds. The minimum Gasteiger partial charge on any atom is -0.339 e. The van der Waals surface area contributed by atoms with Crippen LogP contribution in [0.15, 0.2) is 30.3 Å². The number of carbonyl (C=O) groups is 1. The molecule has 4 nitrogen and oxygen atoms in total. The van der Waals surface area contributed by atoms with Crippen LogP contribution in [0.3, 0.4) is 0 Å². The molecule has 1 heterocycles. The highest BCUT2D eigenvalue weighted by Crippen LogP contribution is 2.20. The average Bonchev–Trinajstić information content (AvgIpc) is 2.53. The van der Waals surface area contributed by atoms with E-state index in [4.69, 9.17) is 11.6 Å². The number of piperidine rings is 1. The minimum absolute atomic E-state index is 0.0790. The zero-order valence-electron chi connectivity index (χ0n) is 14.1. The van der Waals surface area contributed by atoms with Crippen molar-refractivity contribution in [3.8, 4) is 0 Å². The molecular formula is C18H24ClNO3S. The lowest BCUT2D eigenvalue weighted by molar-refractivity contribution is -0.126. The minimum atomic E-state index is -3.06. The van der Waals surface area contributed by atoms with E-state index in [1.807, 2.05) is 26.0 Å². The van der Waals surface area contributed by atoms with Crippen LogP contribution in [0.25, 0.3) is 6.08 Å². The van der Waals surface area contributed by atoms with Crippen molar-refractivity contribution in [3.05, 3.63) is 40.9 Å². The van der Waals surface area contributed by atoms with Crippen molar-refractivity contribution in [1.29, 1.82) is 0 Å². The molecule has 0 aliphatic carbocycles. The second-order valence-electron chi connectivity index (χ2n) is 6.63. The van der Waals surface area contributed by atoms with Gasteiger partial charge in [0.05, 0.1) is 11.0 Å². The van der Waals surface area contributed by atoms with Gasteiger partial charge in [-0.2, -0.15) is 0 Å². The lowest BCUT2D eigenvalue weighted by Gasteiger charge is -2.31. The Morgan fingerprint density at radius 1 is 1.25 bits per heavy atom. The van der Waals surface area contributed by atoms with Crippen molar-refractivity contribution in [1.82, 2.24) is 4.90 Å². The first-order chi connectivity index (χ1) is 11.3. The summed E-state index contributed by atoms with van der Waals surface area (Å²) in [4.78, 5) is 14.0. The first-order valence-electron chi connectivity index (χ1n) is 8.22. The topological polar surface area (TPSA) is 54.5 Å².